The fourth-order valence-corrected chi connectivity index (χ4v) is 3.46. The van der Waals surface area contributed by atoms with Crippen molar-refractivity contribution >= 4 is 17.5 Å². The number of rotatable bonds is 3. The Morgan fingerprint density at radius 1 is 1.22 bits per heavy atom. The van der Waals surface area contributed by atoms with Crippen molar-refractivity contribution in [3.05, 3.63) is 0 Å². The van der Waals surface area contributed by atoms with Gasteiger partial charge in [0, 0.05) is 24.5 Å². The Bertz CT molecular complexity index is 390. The van der Waals surface area contributed by atoms with Gasteiger partial charge in [0.05, 0.1) is 6.04 Å². The molecule has 0 aromatic rings. The van der Waals surface area contributed by atoms with Gasteiger partial charge in [0.1, 0.15) is 10.3 Å². The maximum atomic E-state index is 12.2. The molecule has 1 amide bonds. The Balaban J connectivity index is 2.53. The standard InChI is InChI=1S/C17H34N2O3S/c1-13(18-23(21)17(5,6)7)14-9-8-11-19(12-10-14)15(20)22-16(2,3)4/h13-14,18H,8-12H2,1-7H3/t13-,14+,23?/m0/s1. The van der Waals surface area contributed by atoms with Crippen molar-refractivity contribution in [3.63, 3.8) is 0 Å². The summed E-state index contributed by atoms with van der Waals surface area (Å²) in [5.74, 6) is 0.425. The van der Waals surface area contributed by atoms with E-state index in [-0.39, 0.29) is 16.9 Å². The summed E-state index contributed by atoms with van der Waals surface area (Å²) in [5.41, 5.74) is -0.457. The van der Waals surface area contributed by atoms with E-state index in [1.165, 1.54) is 0 Å². The number of carbonyl (C=O) groups excluding carboxylic acids is 1. The van der Waals surface area contributed by atoms with Gasteiger partial charge in [-0.3, -0.25) is 0 Å². The second-order valence-electron chi connectivity index (χ2n) is 8.45. The van der Waals surface area contributed by atoms with Crippen molar-refractivity contribution in [2.75, 3.05) is 13.1 Å². The van der Waals surface area contributed by atoms with E-state index in [0.717, 1.165) is 25.8 Å². The molecule has 1 rings (SSSR count). The van der Waals surface area contributed by atoms with Gasteiger partial charge >= 0.3 is 6.09 Å². The van der Waals surface area contributed by atoms with Gasteiger partial charge < -0.3 is 14.2 Å². The monoisotopic (exact) mass is 346 g/mol. The van der Waals surface area contributed by atoms with E-state index in [9.17, 15) is 9.35 Å². The number of hydrogen-bond acceptors (Lipinski definition) is 4. The summed E-state index contributed by atoms with van der Waals surface area (Å²) in [6, 6.07) is 0.175. The molecule has 3 atom stereocenters. The Hall–Kier alpha value is -0.460. The van der Waals surface area contributed by atoms with Crippen molar-refractivity contribution in [2.24, 2.45) is 5.92 Å². The van der Waals surface area contributed by atoms with E-state index in [0.29, 0.717) is 12.5 Å². The molecule has 136 valence electrons. The molecule has 1 saturated heterocycles. The highest BCUT2D eigenvalue weighted by Crippen LogP contribution is 2.24. The minimum atomic E-state index is -1.06. The number of nitrogens with one attached hydrogen (secondary N) is 1. The molecule has 5 nitrogen and oxygen atoms in total. The van der Waals surface area contributed by atoms with E-state index >= 15 is 0 Å². The van der Waals surface area contributed by atoms with Gasteiger partial charge in [-0.25, -0.2) is 4.79 Å². The summed E-state index contributed by atoms with van der Waals surface area (Å²) in [4.78, 5) is 14.0. The summed E-state index contributed by atoms with van der Waals surface area (Å²) in [5, 5.41) is 0. The zero-order valence-corrected chi connectivity index (χ0v) is 16.6. The molecule has 1 N–H and O–H groups in total. The van der Waals surface area contributed by atoms with Crippen LogP contribution in [0.5, 0.6) is 0 Å². The number of ether oxygens (including phenoxy) is 1. The van der Waals surface area contributed by atoms with Crippen LogP contribution >= 0.6 is 0 Å². The van der Waals surface area contributed by atoms with E-state index in [1.807, 2.05) is 41.5 Å². The zero-order valence-electron chi connectivity index (χ0n) is 15.8. The lowest BCUT2D eigenvalue weighted by Crippen LogP contribution is -2.46. The van der Waals surface area contributed by atoms with E-state index < -0.39 is 17.0 Å². The fourth-order valence-electron chi connectivity index (χ4n) is 2.57. The number of amides is 1. The highest BCUT2D eigenvalue weighted by Gasteiger charge is 2.32. The molecular formula is C17H34N2O3S. The summed E-state index contributed by atoms with van der Waals surface area (Å²) in [7, 11) is 0. The third-order valence-corrected chi connectivity index (χ3v) is 5.68. The van der Waals surface area contributed by atoms with Crippen molar-refractivity contribution in [3.8, 4) is 0 Å². The molecule has 1 aliphatic heterocycles. The number of likely N-dealkylation sites (tertiary alicyclic amines) is 1. The average molecular weight is 347 g/mol. The number of nitrogens with zero attached hydrogens (tertiary/aromatic N) is 1. The second kappa shape index (κ2) is 8.08. The van der Waals surface area contributed by atoms with Crippen LogP contribution in [0.1, 0.15) is 67.7 Å². The lowest BCUT2D eigenvalue weighted by atomic mass is 9.94. The molecule has 23 heavy (non-hydrogen) atoms. The third-order valence-electron chi connectivity index (χ3n) is 3.98. The quantitative estimate of drug-likeness (QED) is 0.795. The molecule has 0 aromatic carbocycles. The van der Waals surface area contributed by atoms with E-state index in [2.05, 4.69) is 11.6 Å². The van der Waals surface area contributed by atoms with Crippen LogP contribution in [0.15, 0.2) is 0 Å². The molecular weight excluding hydrogens is 312 g/mol. The van der Waals surface area contributed by atoms with Crippen LogP contribution < -0.4 is 4.72 Å². The van der Waals surface area contributed by atoms with Gasteiger partial charge in [-0.15, -0.1) is 4.72 Å². The van der Waals surface area contributed by atoms with Crippen molar-refractivity contribution < 1.29 is 14.1 Å². The van der Waals surface area contributed by atoms with Crippen LogP contribution in [0, 0.1) is 5.92 Å². The molecule has 1 unspecified atom stereocenters. The summed E-state index contributed by atoms with van der Waals surface area (Å²) in [6.45, 7) is 15.1. The first-order chi connectivity index (χ1) is 10.4. The Labute approximate surface area is 144 Å². The molecule has 0 radical (unpaired) electrons. The Morgan fingerprint density at radius 3 is 2.35 bits per heavy atom. The predicted molar refractivity (Wildman–Crippen MR) is 95.6 cm³/mol. The van der Waals surface area contributed by atoms with Gasteiger partial charge in [-0.1, -0.05) is 0 Å². The maximum absolute atomic E-state index is 12.2. The largest absolute Gasteiger partial charge is 0.598 e. The van der Waals surface area contributed by atoms with Crippen LogP contribution in [0.3, 0.4) is 0 Å². The topological polar surface area (TPSA) is 64.6 Å². The van der Waals surface area contributed by atoms with Crippen LogP contribution in [0.2, 0.25) is 0 Å². The fraction of sp³-hybridized carbons (Fsp3) is 0.941. The Morgan fingerprint density at radius 2 is 1.83 bits per heavy atom. The summed E-state index contributed by atoms with van der Waals surface area (Å²) < 4.78 is 20.7. The highest BCUT2D eigenvalue weighted by molar-refractivity contribution is 7.90. The summed E-state index contributed by atoms with van der Waals surface area (Å²) >= 11 is -1.06. The normalized spacial score (nSPS) is 23.1. The van der Waals surface area contributed by atoms with E-state index in [1.54, 1.807) is 4.90 Å². The summed E-state index contributed by atoms with van der Waals surface area (Å²) in [6.07, 6.45) is 2.68. The Kier molecular flexibility index (Phi) is 7.23. The number of hydrogen-bond donors (Lipinski definition) is 1. The molecule has 0 aliphatic carbocycles. The SMILES string of the molecule is C[C@H](N[S+]([O-])C(C)(C)C)[C@@H]1CCCN(C(=O)OC(C)(C)C)CC1. The second-order valence-corrected chi connectivity index (χ2v) is 10.4. The smallest absolute Gasteiger partial charge is 0.410 e. The first-order valence-electron chi connectivity index (χ1n) is 8.56. The first kappa shape index (κ1) is 20.6. The van der Waals surface area contributed by atoms with Crippen LogP contribution in [0.4, 0.5) is 4.79 Å². The van der Waals surface area contributed by atoms with Crippen molar-refractivity contribution in [2.45, 2.75) is 84.1 Å². The van der Waals surface area contributed by atoms with Crippen LogP contribution in [-0.2, 0) is 16.1 Å². The lowest BCUT2D eigenvalue weighted by Gasteiger charge is -2.30. The zero-order chi connectivity index (χ0) is 17.8. The molecule has 6 heteroatoms. The van der Waals surface area contributed by atoms with Crippen LogP contribution in [0.25, 0.3) is 0 Å². The maximum Gasteiger partial charge on any atom is 0.410 e. The van der Waals surface area contributed by atoms with Gasteiger partial charge in [0.15, 0.2) is 0 Å². The van der Waals surface area contributed by atoms with E-state index in [4.69, 9.17) is 4.74 Å². The molecule has 1 aliphatic rings. The lowest BCUT2D eigenvalue weighted by molar-refractivity contribution is 0.0254. The first-order valence-corrected chi connectivity index (χ1v) is 9.71. The van der Waals surface area contributed by atoms with Crippen LogP contribution in [-0.4, -0.2) is 45.0 Å². The minimum Gasteiger partial charge on any atom is -0.598 e. The molecule has 0 bridgehead atoms. The third kappa shape index (κ3) is 7.31. The van der Waals surface area contributed by atoms with Gasteiger partial charge in [0.25, 0.3) is 0 Å². The van der Waals surface area contributed by atoms with Crippen molar-refractivity contribution in [1.29, 1.82) is 0 Å². The number of carbonyl (C=O) groups is 1. The molecule has 0 spiro atoms. The molecule has 1 fully saturated rings. The minimum absolute atomic E-state index is 0.175. The van der Waals surface area contributed by atoms with Gasteiger partial charge in [-0.05, 0) is 73.6 Å². The average Bonchev–Trinajstić information content (AvgIpc) is 2.61. The molecule has 1 heterocycles. The van der Waals surface area contributed by atoms with Gasteiger partial charge in [0.2, 0.25) is 0 Å². The van der Waals surface area contributed by atoms with Gasteiger partial charge in [-0.2, -0.15) is 0 Å². The molecule has 0 aromatic heterocycles. The highest BCUT2D eigenvalue weighted by atomic mass is 32.2. The van der Waals surface area contributed by atoms with Crippen molar-refractivity contribution in [1.82, 2.24) is 9.62 Å². The molecule has 0 saturated carbocycles. The predicted octanol–water partition coefficient (Wildman–Crippen LogP) is 3.46.